The van der Waals surface area contributed by atoms with E-state index in [2.05, 4.69) is 10.6 Å². The Labute approximate surface area is 393 Å². The van der Waals surface area contributed by atoms with Crippen LogP contribution in [-0.4, -0.2) is 55.3 Å². The molecule has 0 aromatic heterocycles. The summed E-state index contributed by atoms with van der Waals surface area (Å²) in [5, 5.41) is 5.62. The van der Waals surface area contributed by atoms with Crippen LogP contribution in [0.1, 0.15) is 37.8 Å². The summed E-state index contributed by atoms with van der Waals surface area (Å²) in [5.74, 6) is -1.08. The van der Waals surface area contributed by atoms with E-state index in [9.17, 15) is 9.59 Å². The van der Waals surface area contributed by atoms with Crippen molar-refractivity contribution in [3.05, 3.63) is 193 Å². The van der Waals surface area contributed by atoms with E-state index in [1.54, 1.807) is 97.1 Å². The maximum absolute atomic E-state index is 15.0. The Hall–Kier alpha value is -5.43. The van der Waals surface area contributed by atoms with Gasteiger partial charge in [-0.2, -0.15) is 0 Å². The number of hydrogen-bond acceptors (Lipinski definition) is 11. The zero-order valence-corrected chi connectivity index (χ0v) is 41.8. The number of nitrogens with one attached hydrogen (secondary N) is 2. The summed E-state index contributed by atoms with van der Waals surface area (Å²) in [6.45, 7) is 3.91. The molecule has 0 saturated carbocycles. The first-order valence-electron chi connectivity index (χ1n) is 20.8. The van der Waals surface area contributed by atoms with E-state index in [0.717, 1.165) is 11.1 Å². The molecule has 65 heavy (non-hydrogen) atoms. The average Bonchev–Trinajstić information content (AvgIpc) is 3.31. The molecular formula is C48H50Ge2N2O11P2. The van der Waals surface area contributed by atoms with Crippen LogP contribution in [0.3, 0.4) is 0 Å². The summed E-state index contributed by atoms with van der Waals surface area (Å²) < 4.78 is 72.0. The first-order chi connectivity index (χ1) is 31.5. The standard InChI is InChI=1S/C48H50Ge2N2O11P2/c1-37(33-45(51-47(53)57-35-39-21-9-3-10-22-39)64(55,59-41-25-13-5-14-26-41)60-42-27-15-6-16-28-42)49-63-50-38(2)34-46(52-48(54)58-36-40-23-11-4-12-24-40)65(56,61-43-29-17-7-18-30-43)62-44-31-19-8-20-32-44/h3-32,37-38,45-46H,33-36H2,1-2H3,(H,51,53)(H,52,54). The van der Waals surface area contributed by atoms with Gasteiger partial charge in [0.15, 0.2) is 0 Å². The molecule has 4 radical (unpaired) electrons. The fourth-order valence-corrected chi connectivity index (χ4v) is 18.4. The van der Waals surface area contributed by atoms with Gasteiger partial charge in [-0.1, -0.05) is 0 Å². The van der Waals surface area contributed by atoms with E-state index in [1.807, 2.05) is 98.8 Å². The van der Waals surface area contributed by atoms with Crippen molar-refractivity contribution in [3.63, 3.8) is 0 Å². The monoisotopic (exact) mass is 1040 g/mol. The molecule has 0 aliphatic heterocycles. The van der Waals surface area contributed by atoms with Gasteiger partial charge in [0.1, 0.15) is 0 Å². The molecule has 6 aromatic rings. The van der Waals surface area contributed by atoms with E-state index in [1.165, 1.54) is 0 Å². The SMILES string of the molecule is C[CH](CC(NC(=O)OCc1ccccc1)P(=O)(Oc1ccccc1)Oc1ccccc1)[Ge][O][Ge][CH](C)CC(NC(=O)OCc1ccccc1)P(=O)(Oc1ccccc1)Oc1ccccc1. The Morgan fingerprint density at radius 2 is 0.708 bits per heavy atom. The first-order valence-corrected chi connectivity index (χ1v) is 28.2. The van der Waals surface area contributed by atoms with E-state index in [-0.39, 0.29) is 35.6 Å². The molecule has 6 rings (SSSR count). The number of alkyl carbamates (subject to hydrolysis) is 2. The Bertz CT molecular complexity index is 2170. The molecule has 2 N–H and O–H groups in total. The van der Waals surface area contributed by atoms with E-state index in [0.29, 0.717) is 23.0 Å². The van der Waals surface area contributed by atoms with Gasteiger partial charge in [-0.15, -0.1) is 0 Å². The molecule has 6 aromatic carbocycles. The Morgan fingerprint density at radius 1 is 0.446 bits per heavy atom. The van der Waals surface area contributed by atoms with Crippen LogP contribution in [0.15, 0.2) is 182 Å². The van der Waals surface area contributed by atoms with Crippen LogP contribution in [0, 0.1) is 0 Å². The van der Waals surface area contributed by atoms with Crippen molar-refractivity contribution in [2.75, 3.05) is 0 Å². The van der Waals surface area contributed by atoms with Gasteiger partial charge in [0.2, 0.25) is 0 Å². The molecule has 0 bridgehead atoms. The van der Waals surface area contributed by atoms with Gasteiger partial charge >= 0.3 is 396 Å². The molecule has 4 atom stereocenters. The van der Waals surface area contributed by atoms with Crippen LogP contribution in [0.4, 0.5) is 9.59 Å². The fraction of sp³-hybridized carbons (Fsp3) is 0.208. The average molecular weight is 1040 g/mol. The van der Waals surface area contributed by atoms with Crippen LogP contribution >= 0.6 is 15.2 Å². The zero-order chi connectivity index (χ0) is 45.7. The number of carbonyl (C=O) groups is 2. The van der Waals surface area contributed by atoms with Crippen molar-refractivity contribution in [3.8, 4) is 23.0 Å². The molecule has 0 fully saturated rings. The van der Waals surface area contributed by atoms with Gasteiger partial charge in [-0.3, -0.25) is 0 Å². The second kappa shape index (κ2) is 25.3. The Balaban J connectivity index is 1.17. The predicted molar refractivity (Wildman–Crippen MR) is 251 cm³/mol. The second-order valence-electron chi connectivity index (χ2n) is 14.8. The van der Waals surface area contributed by atoms with E-state index in [4.69, 9.17) is 30.4 Å². The van der Waals surface area contributed by atoms with Crippen LogP contribution in [0.5, 0.6) is 23.0 Å². The molecule has 0 aliphatic rings. The molecule has 0 aliphatic carbocycles. The van der Waals surface area contributed by atoms with Gasteiger partial charge in [-0.05, 0) is 0 Å². The number of amides is 2. The Kier molecular flexibility index (Phi) is 19.1. The van der Waals surface area contributed by atoms with Crippen molar-refractivity contribution < 1.29 is 49.1 Å². The van der Waals surface area contributed by atoms with Crippen molar-refractivity contribution in [2.24, 2.45) is 0 Å². The van der Waals surface area contributed by atoms with Crippen LogP contribution in [0.25, 0.3) is 0 Å². The second-order valence-corrected chi connectivity index (χ2v) is 26.7. The molecule has 0 spiro atoms. The van der Waals surface area contributed by atoms with Gasteiger partial charge in [-0.25, -0.2) is 0 Å². The zero-order valence-electron chi connectivity index (χ0n) is 35.8. The van der Waals surface area contributed by atoms with E-state index < -0.39 is 70.5 Å². The number of carbonyl (C=O) groups excluding carboxylic acids is 2. The van der Waals surface area contributed by atoms with Crippen LogP contribution < -0.4 is 28.7 Å². The number of rotatable bonds is 24. The number of benzene rings is 6. The molecule has 0 heterocycles. The van der Waals surface area contributed by atoms with Gasteiger partial charge in [0.05, 0.1) is 0 Å². The summed E-state index contributed by atoms with van der Waals surface area (Å²) in [7, 11) is -8.42. The predicted octanol–water partition coefficient (Wildman–Crippen LogP) is 11.8. The summed E-state index contributed by atoms with van der Waals surface area (Å²) in [6.07, 6.45) is -1.24. The molecule has 0 saturated heterocycles. The molecular weight excluding hydrogens is 988 g/mol. The fourth-order valence-electron chi connectivity index (χ4n) is 6.14. The molecule has 2 amide bonds. The summed E-state index contributed by atoms with van der Waals surface area (Å²) in [4.78, 5) is 26.8. The van der Waals surface area contributed by atoms with Gasteiger partial charge in [0.25, 0.3) is 0 Å². The van der Waals surface area contributed by atoms with Crippen molar-refractivity contribution in [1.82, 2.24) is 10.6 Å². The molecule has 17 heteroatoms. The summed E-state index contributed by atoms with van der Waals surface area (Å²) in [6, 6.07) is 53.0. The summed E-state index contributed by atoms with van der Waals surface area (Å²) >= 11 is -2.43. The van der Waals surface area contributed by atoms with Gasteiger partial charge < -0.3 is 0 Å². The third-order valence-corrected chi connectivity index (χ3v) is 19.1. The maximum atomic E-state index is 15.0. The molecule has 13 nitrogen and oxygen atoms in total. The minimum absolute atomic E-state index is 0.00143. The third kappa shape index (κ3) is 16.5. The quantitative estimate of drug-likeness (QED) is 0.0439. The van der Waals surface area contributed by atoms with E-state index >= 15 is 9.13 Å². The van der Waals surface area contributed by atoms with Crippen molar-refractivity contribution >= 4 is 58.9 Å². The van der Waals surface area contributed by atoms with Crippen molar-refractivity contribution in [1.29, 1.82) is 0 Å². The number of para-hydroxylation sites is 4. The normalized spacial score (nSPS) is 13.2. The van der Waals surface area contributed by atoms with Crippen molar-refractivity contribution in [2.45, 2.75) is 61.0 Å². The number of hydrogen-bond donors (Lipinski definition) is 2. The van der Waals surface area contributed by atoms with Gasteiger partial charge in [0, 0.05) is 0 Å². The summed E-state index contributed by atoms with van der Waals surface area (Å²) in [5.41, 5.74) is 1.57. The first kappa shape index (κ1) is 49.0. The van der Waals surface area contributed by atoms with Crippen LogP contribution in [0.2, 0.25) is 9.50 Å². The molecule has 4 unspecified atom stereocenters. The topological polar surface area (TPSA) is 157 Å². The number of ether oxygens (including phenoxy) is 2. The minimum atomic E-state index is -4.21. The molecule has 336 valence electrons. The Morgan fingerprint density at radius 3 is 0.985 bits per heavy atom. The third-order valence-electron chi connectivity index (χ3n) is 9.34. The van der Waals surface area contributed by atoms with Crippen LogP contribution in [-0.2, 0) is 34.6 Å².